The summed E-state index contributed by atoms with van der Waals surface area (Å²) in [4.78, 5) is 43.1. The summed E-state index contributed by atoms with van der Waals surface area (Å²) in [5.41, 5.74) is 18.4. The van der Waals surface area contributed by atoms with Crippen molar-refractivity contribution in [3.05, 3.63) is 124 Å². The van der Waals surface area contributed by atoms with Crippen molar-refractivity contribution in [2.45, 2.75) is 70.4 Å². The van der Waals surface area contributed by atoms with Crippen LogP contribution in [0.15, 0.2) is 102 Å². The number of anilines is 6. The van der Waals surface area contributed by atoms with Crippen molar-refractivity contribution >= 4 is 117 Å². The number of aromatic nitrogens is 1. The van der Waals surface area contributed by atoms with E-state index in [-0.39, 0.29) is 27.3 Å². The molecule has 14 nitrogen and oxygen atoms in total. The molecule has 5 heterocycles. The summed E-state index contributed by atoms with van der Waals surface area (Å²) >= 11 is 11.0. The molecule has 1 unspecified atom stereocenters. The molecule has 4 aromatic carbocycles. The van der Waals surface area contributed by atoms with Gasteiger partial charge in [0, 0.05) is 72.1 Å². The molecule has 4 aliphatic rings. The fraction of sp³-hybridized carbons (Fsp3) is 0.389. The molecule has 73 heavy (non-hydrogen) atoms. The molecule has 4 fully saturated rings. The molecule has 1 atom stereocenters. The fourth-order valence-corrected chi connectivity index (χ4v) is 11.4. The van der Waals surface area contributed by atoms with Gasteiger partial charge in [-0.15, -0.1) is 0 Å². The van der Waals surface area contributed by atoms with Crippen LogP contribution >= 0.6 is 61.1 Å². The highest BCUT2D eigenvalue weighted by atomic mass is 79.9. The molecule has 0 bridgehead atoms. The van der Waals surface area contributed by atoms with Crippen LogP contribution < -0.4 is 31.9 Å². The average Bonchev–Trinajstić information content (AvgIpc) is 4.24. The van der Waals surface area contributed by atoms with Gasteiger partial charge in [-0.3, -0.25) is 9.59 Å². The quantitative estimate of drug-likeness (QED) is 0.0230. The van der Waals surface area contributed by atoms with Crippen molar-refractivity contribution in [3.63, 3.8) is 0 Å². The number of hydrogen-bond donors (Lipinski definition) is 4. The fourth-order valence-electron chi connectivity index (χ4n) is 9.44. The van der Waals surface area contributed by atoms with E-state index in [0.717, 1.165) is 55.4 Å². The number of piperidine rings is 2. The first-order valence-corrected chi connectivity index (χ1v) is 28.0. The van der Waals surface area contributed by atoms with Crippen LogP contribution in [0.5, 0.6) is 0 Å². The molecular formula is C54H66BrN12O2PS3. The van der Waals surface area contributed by atoms with E-state index in [1.807, 2.05) is 25.1 Å². The predicted molar refractivity (Wildman–Crippen MR) is 316 cm³/mol. The Balaban J connectivity index is 0.000000197. The first-order valence-electron chi connectivity index (χ1n) is 24.7. The zero-order chi connectivity index (χ0) is 50.8. The number of thioether (sulfide) groups is 1. The third-order valence-corrected chi connectivity index (χ3v) is 15.7. The highest BCUT2D eigenvalue weighted by Crippen LogP contribution is 2.32. The van der Waals surface area contributed by atoms with E-state index in [4.69, 9.17) is 34.2 Å². The zero-order valence-corrected chi connectivity index (χ0v) is 46.9. The van der Waals surface area contributed by atoms with Crippen LogP contribution in [0.4, 0.5) is 33.7 Å². The molecule has 4 saturated heterocycles. The lowest BCUT2D eigenvalue weighted by Gasteiger charge is -2.37. The number of thiazole rings is 1. The summed E-state index contributed by atoms with van der Waals surface area (Å²) in [6, 6.07) is 35.5. The molecule has 5 aromatic rings. The number of benzene rings is 4. The second kappa shape index (κ2) is 28.9. The van der Waals surface area contributed by atoms with Gasteiger partial charge < -0.3 is 41.7 Å². The van der Waals surface area contributed by atoms with Gasteiger partial charge in [-0.25, -0.2) is 4.98 Å². The van der Waals surface area contributed by atoms with E-state index in [1.54, 1.807) is 48.5 Å². The molecule has 19 heteroatoms. The normalized spacial score (nSPS) is 16.4. The molecule has 0 spiro atoms. The van der Waals surface area contributed by atoms with Crippen LogP contribution in [-0.2, 0) is 0 Å². The summed E-state index contributed by atoms with van der Waals surface area (Å²) in [6.45, 7) is 11.7. The Labute approximate surface area is 455 Å². The van der Waals surface area contributed by atoms with Crippen molar-refractivity contribution < 1.29 is 9.59 Å². The summed E-state index contributed by atoms with van der Waals surface area (Å²) in [6.07, 6.45) is 10.5. The maximum Gasteiger partial charge on any atom is 0.206 e. The number of aliphatic imine (C=N–C) groups is 1. The number of hydrogen-bond acceptors (Lipinski definition) is 14. The smallest absolute Gasteiger partial charge is 0.206 e. The molecule has 0 amide bonds. The third-order valence-electron chi connectivity index (χ3n) is 13.3. The number of nitrogens with two attached hydrogens (primary N) is 2. The largest absolute Gasteiger partial charge is 0.382 e. The zero-order valence-electron chi connectivity index (χ0n) is 41.5. The van der Waals surface area contributed by atoms with Gasteiger partial charge >= 0.3 is 0 Å². The summed E-state index contributed by atoms with van der Waals surface area (Å²) < 4.78 is 0. The number of nitrogens with one attached hydrogen (secondary N) is 2. The van der Waals surface area contributed by atoms with Crippen molar-refractivity contribution in [2.75, 3.05) is 89.6 Å². The maximum absolute atomic E-state index is 12.8. The SMILES string of the molecule is CCSC(N)=NC(=S)Nc1ccc(N2CCC(N3CCCC3)CC2)cc1.N#Cc1ccc(C(=O)CBr)cc1.N#Cc1ccc(C(=O)c2sc(Nc3ccc(N4CCC(N5CCCC5)CC4)cc3)nc2N)cc1.P. The number of amidine groups is 1. The van der Waals surface area contributed by atoms with Crippen molar-refractivity contribution in [3.8, 4) is 12.1 Å². The Morgan fingerprint density at radius 2 is 1.19 bits per heavy atom. The highest BCUT2D eigenvalue weighted by Gasteiger charge is 2.28. The minimum atomic E-state index is -0.194. The van der Waals surface area contributed by atoms with Crippen LogP contribution in [0.3, 0.4) is 0 Å². The Morgan fingerprint density at radius 3 is 1.63 bits per heavy atom. The van der Waals surface area contributed by atoms with Crippen molar-refractivity contribution in [1.82, 2.24) is 14.8 Å². The maximum atomic E-state index is 12.8. The molecule has 6 N–H and O–H groups in total. The Kier molecular flexibility index (Phi) is 22.5. The number of carbonyl (C=O) groups is 2. The van der Waals surface area contributed by atoms with Gasteiger partial charge in [0.2, 0.25) is 5.78 Å². The minimum absolute atomic E-state index is 0. The monoisotopic (exact) mass is 1120 g/mol. The lowest BCUT2D eigenvalue weighted by atomic mass is 10.0. The number of Topliss-reactive ketones (excluding diaryl/α,β-unsaturated/α-hetero) is 1. The number of nitriles is 2. The number of halogens is 1. The molecule has 0 aliphatic carbocycles. The number of rotatable bonds is 12. The van der Waals surface area contributed by atoms with Gasteiger partial charge in [0.25, 0.3) is 0 Å². The van der Waals surface area contributed by atoms with Gasteiger partial charge in [0.1, 0.15) is 10.7 Å². The van der Waals surface area contributed by atoms with E-state index in [2.05, 4.69) is 98.6 Å². The van der Waals surface area contributed by atoms with Crippen LogP contribution in [0, 0.1) is 22.7 Å². The number of alkyl halides is 1. The second-order valence-corrected chi connectivity index (χ2v) is 21.2. The van der Waals surface area contributed by atoms with Crippen molar-refractivity contribution in [1.29, 1.82) is 10.5 Å². The van der Waals surface area contributed by atoms with Crippen LogP contribution in [-0.4, -0.2) is 112 Å². The van der Waals surface area contributed by atoms with Gasteiger partial charge in [-0.05, 0) is 180 Å². The first-order chi connectivity index (χ1) is 35.0. The summed E-state index contributed by atoms with van der Waals surface area (Å²) in [5.74, 6) is 0.931. The number of thiocarbonyl (C=S) groups is 1. The molecule has 4 aliphatic heterocycles. The number of nitrogens with zero attached hydrogens (tertiary/aromatic N) is 8. The van der Waals surface area contributed by atoms with Gasteiger partial charge in [0.05, 0.1) is 28.6 Å². The van der Waals surface area contributed by atoms with E-state index >= 15 is 0 Å². The second-order valence-electron chi connectivity index (χ2n) is 18.0. The predicted octanol–water partition coefficient (Wildman–Crippen LogP) is 10.3. The first kappa shape index (κ1) is 56.9. The lowest BCUT2D eigenvalue weighted by Crippen LogP contribution is -2.43. The van der Waals surface area contributed by atoms with E-state index in [9.17, 15) is 9.59 Å². The van der Waals surface area contributed by atoms with Gasteiger partial charge in [0.15, 0.2) is 21.2 Å². The Hall–Kier alpha value is -5.43. The lowest BCUT2D eigenvalue weighted by molar-refractivity contribution is 0.102. The van der Waals surface area contributed by atoms with Crippen LogP contribution in [0.25, 0.3) is 0 Å². The Morgan fingerprint density at radius 1 is 0.740 bits per heavy atom. The molecule has 1 aromatic heterocycles. The molecule has 0 saturated carbocycles. The van der Waals surface area contributed by atoms with Crippen LogP contribution in [0.2, 0.25) is 0 Å². The minimum Gasteiger partial charge on any atom is -0.382 e. The number of nitrogen functional groups attached to an aromatic ring is 1. The molecular weight excluding hydrogens is 1060 g/mol. The average molecular weight is 1120 g/mol. The molecule has 384 valence electrons. The Bertz CT molecular complexity index is 2680. The number of ketones is 2. The van der Waals surface area contributed by atoms with E-state index < -0.39 is 0 Å². The molecule has 0 radical (unpaired) electrons. The van der Waals surface area contributed by atoms with E-state index in [0.29, 0.717) is 47.9 Å². The number of likely N-dealkylation sites (tertiary alicyclic amines) is 2. The van der Waals surface area contributed by atoms with Gasteiger partial charge in [-0.1, -0.05) is 58.1 Å². The summed E-state index contributed by atoms with van der Waals surface area (Å²) in [5, 5.41) is 25.6. The topological polar surface area (TPSA) is 196 Å². The molecule has 9 rings (SSSR count). The summed E-state index contributed by atoms with van der Waals surface area (Å²) in [7, 11) is 0. The number of carbonyl (C=O) groups excluding carboxylic acids is 2. The third kappa shape index (κ3) is 16.5. The van der Waals surface area contributed by atoms with Crippen molar-refractivity contribution in [2.24, 2.45) is 10.7 Å². The standard InChI is InChI=1S/C26H28N6OS.C19H29N5S2.C9H6BrNO.H3P/c27-17-18-3-5-19(6-4-18)23(33)24-25(28)30-26(34-24)29-20-7-9-21(10-8-20)32-15-11-22(12-16-32)31-13-1-2-14-31;1-2-26-18(20)22-19(25)21-15-5-7-16(8-6-15)24-13-9-17(10-14-24)23-11-3-4-12-23;10-5-9(12)8-3-1-7(6-11)2-4-8;/h3-10,22H,1-2,11-16,28H2,(H,29,30);5-8,17H,2-4,9-14H2,1H3,(H3,20,21,22,25);1-4H,5H2;1H3. The highest BCUT2D eigenvalue weighted by molar-refractivity contribution is 9.09. The van der Waals surface area contributed by atoms with Gasteiger partial charge in [-0.2, -0.15) is 25.4 Å². The van der Waals surface area contributed by atoms with E-state index in [1.165, 1.54) is 112 Å². The van der Waals surface area contributed by atoms with Crippen LogP contribution in [0.1, 0.15) is 95.0 Å².